The summed E-state index contributed by atoms with van der Waals surface area (Å²) in [5, 5.41) is 18.0. The molecule has 0 radical (unpaired) electrons. The van der Waals surface area contributed by atoms with Gasteiger partial charge < -0.3 is 9.15 Å². The summed E-state index contributed by atoms with van der Waals surface area (Å²) in [6.45, 7) is 2.01. The van der Waals surface area contributed by atoms with Gasteiger partial charge in [0.15, 0.2) is 5.76 Å². The summed E-state index contributed by atoms with van der Waals surface area (Å²) in [6.07, 6.45) is 1.28. The Morgan fingerprint density at radius 3 is 2.67 bits per heavy atom. The number of furan rings is 1. The van der Waals surface area contributed by atoms with E-state index in [1.165, 1.54) is 18.3 Å². The van der Waals surface area contributed by atoms with Crippen LogP contribution in [-0.4, -0.2) is 20.8 Å². The predicted molar refractivity (Wildman–Crippen MR) is 163 cm³/mol. The van der Waals surface area contributed by atoms with Crippen LogP contribution < -0.4 is 10.3 Å². The molecule has 0 bridgehead atoms. The molecule has 0 atom stereocenters. The van der Waals surface area contributed by atoms with Crippen LogP contribution in [0.4, 0.5) is 5.69 Å². The predicted octanol–water partition coefficient (Wildman–Crippen LogP) is 7.79. The van der Waals surface area contributed by atoms with E-state index in [2.05, 4.69) is 10.1 Å². The number of nitrogens with zero attached hydrogens (tertiary/aromatic N) is 4. The highest BCUT2D eigenvalue weighted by atomic mass is 35.5. The zero-order chi connectivity index (χ0) is 29.4. The van der Waals surface area contributed by atoms with Crippen molar-refractivity contribution in [3.63, 3.8) is 0 Å². The molecule has 0 aliphatic carbocycles. The van der Waals surface area contributed by atoms with Crippen LogP contribution in [0.2, 0.25) is 10.0 Å². The summed E-state index contributed by atoms with van der Waals surface area (Å²) in [4.78, 5) is 29.7. The standard InChI is InChI=1S/C31H20Cl2N4O5/c1-18-5-4-6-19(11-18)17-41-29-21(13-23(33)15-26(29)37(39)40)16-34-36-30(35-25-8-3-2-7-24(25)31(36)38)28-14-20-12-22(32)9-10-27(20)42-28/h2-16H,17H2,1H3. The van der Waals surface area contributed by atoms with E-state index in [9.17, 15) is 14.9 Å². The molecule has 0 saturated carbocycles. The molecule has 6 aromatic rings. The van der Waals surface area contributed by atoms with Crippen molar-refractivity contribution in [2.45, 2.75) is 13.5 Å². The number of nitro groups is 1. The molecule has 208 valence electrons. The third kappa shape index (κ3) is 5.35. The lowest BCUT2D eigenvalue weighted by Crippen LogP contribution is -2.20. The Hall–Kier alpha value is -4.99. The van der Waals surface area contributed by atoms with E-state index in [1.807, 2.05) is 31.2 Å². The van der Waals surface area contributed by atoms with Gasteiger partial charge in [0.05, 0.1) is 22.0 Å². The lowest BCUT2D eigenvalue weighted by molar-refractivity contribution is -0.385. The van der Waals surface area contributed by atoms with Crippen molar-refractivity contribution < 1.29 is 14.1 Å². The van der Waals surface area contributed by atoms with Gasteiger partial charge in [-0.05, 0) is 55.0 Å². The SMILES string of the molecule is Cc1cccc(COc2c(C=Nn3c(-c4cc5cc(Cl)ccc5o4)nc4ccccc4c3=O)cc(Cl)cc2[N+](=O)[O-])c1. The lowest BCUT2D eigenvalue weighted by atomic mass is 10.1. The van der Waals surface area contributed by atoms with Crippen LogP contribution in [0, 0.1) is 17.0 Å². The molecule has 2 heterocycles. The monoisotopic (exact) mass is 598 g/mol. The van der Waals surface area contributed by atoms with Gasteiger partial charge in [0, 0.05) is 27.1 Å². The summed E-state index contributed by atoms with van der Waals surface area (Å²) in [5.74, 6) is 0.359. The number of ether oxygens (including phenoxy) is 1. The first-order chi connectivity index (χ1) is 20.3. The second-order valence-electron chi connectivity index (χ2n) is 9.48. The van der Waals surface area contributed by atoms with Crippen molar-refractivity contribution in [2.75, 3.05) is 0 Å². The van der Waals surface area contributed by atoms with Crippen molar-refractivity contribution in [1.82, 2.24) is 9.66 Å². The highest BCUT2D eigenvalue weighted by Gasteiger charge is 2.22. The van der Waals surface area contributed by atoms with E-state index in [0.717, 1.165) is 15.8 Å². The number of halogens is 2. The van der Waals surface area contributed by atoms with Crippen molar-refractivity contribution in [3.8, 4) is 17.3 Å². The largest absolute Gasteiger partial charge is 0.481 e. The fraction of sp³-hybridized carbons (Fsp3) is 0.0645. The van der Waals surface area contributed by atoms with Gasteiger partial charge in [-0.25, -0.2) is 4.98 Å². The number of rotatable bonds is 7. The maximum Gasteiger partial charge on any atom is 0.313 e. The minimum Gasteiger partial charge on any atom is -0.481 e. The summed E-state index contributed by atoms with van der Waals surface area (Å²) >= 11 is 12.4. The Balaban J connectivity index is 1.50. The lowest BCUT2D eigenvalue weighted by Gasteiger charge is -2.11. The number of hydrogen-bond acceptors (Lipinski definition) is 7. The van der Waals surface area contributed by atoms with Crippen molar-refractivity contribution in [1.29, 1.82) is 0 Å². The first-order valence-corrected chi connectivity index (χ1v) is 13.4. The molecule has 9 nitrogen and oxygen atoms in total. The third-order valence-electron chi connectivity index (χ3n) is 6.49. The quantitative estimate of drug-likeness (QED) is 0.105. The molecule has 0 spiro atoms. The second-order valence-corrected chi connectivity index (χ2v) is 10.4. The Morgan fingerprint density at radius 1 is 1.02 bits per heavy atom. The smallest absolute Gasteiger partial charge is 0.313 e. The maximum absolute atomic E-state index is 13.7. The van der Waals surface area contributed by atoms with E-state index in [4.69, 9.17) is 32.4 Å². The number of benzene rings is 4. The Bertz CT molecular complexity index is 2100. The summed E-state index contributed by atoms with van der Waals surface area (Å²) < 4.78 is 13.0. The molecular weight excluding hydrogens is 579 g/mol. The van der Waals surface area contributed by atoms with Crippen molar-refractivity contribution >= 4 is 57.0 Å². The fourth-order valence-electron chi connectivity index (χ4n) is 4.58. The van der Waals surface area contributed by atoms with E-state index in [1.54, 1.807) is 48.5 Å². The molecule has 0 saturated heterocycles. The molecule has 11 heteroatoms. The molecule has 0 unspecified atom stereocenters. The highest BCUT2D eigenvalue weighted by molar-refractivity contribution is 6.31. The zero-order valence-electron chi connectivity index (χ0n) is 22.0. The summed E-state index contributed by atoms with van der Waals surface area (Å²) in [7, 11) is 0. The number of nitro benzene ring substituents is 1. The average molecular weight is 599 g/mol. The molecule has 0 N–H and O–H groups in total. The Morgan fingerprint density at radius 2 is 1.86 bits per heavy atom. The molecule has 0 amide bonds. The van der Waals surface area contributed by atoms with Gasteiger partial charge in [-0.15, -0.1) is 0 Å². The van der Waals surface area contributed by atoms with Gasteiger partial charge in [-0.2, -0.15) is 9.78 Å². The Labute approximate surface area is 248 Å². The number of aromatic nitrogens is 2. The van der Waals surface area contributed by atoms with E-state index in [0.29, 0.717) is 26.9 Å². The molecule has 0 aliphatic rings. The first-order valence-electron chi connectivity index (χ1n) is 12.7. The van der Waals surface area contributed by atoms with Crippen LogP contribution in [-0.2, 0) is 6.61 Å². The molecule has 0 aliphatic heterocycles. The van der Waals surface area contributed by atoms with E-state index in [-0.39, 0.29) is 40.2 Å². The number of fused-ring (bicyclic) bond motifs is 2. The fourth-order valence-corrected chi connectivity index (χ4v) is 4.98. The maximum atomic E-state index is 13.7. The van der Waals surface area contributed by atoms with Gasteiger partial charge in [0.25, 0.3) is 5.56 Å². The Kier molecular flexibility index (Phi) is 7.20. The van der Waals surface area contributed by atoms with Crippen LogP contribution >= 0.6 is 23.2 Å². The normalized spacial score (nSPS) is 11.5. The van der Waals surface area contributed by atoms with Crippen LogP contribution in [0.15, 0.2) is 99.2 Å². The third-order valence-corrected chi connectivity index (χ3v) is 6.94. The molecule has 6 rings (SSSR count). The summed E-state index contributed by atoms with van der Waals surface area (Å²) in [6, 6.07) is 24.0. The van der Waals surface area contributed by atoms with Crippen LogP contribution in [0.5, 0.6) is 5.75 Å². The van der Waals surface area contributed by atoms with Gasteiger partial charge in [0.1, 0.15) is 12.2 Å². The number of hydrogen-bond donors (Lipinski definition) is 0. The first kappa shape index (κ1) is 27.2. The van der Waals surface area contributed by atoms with Gasteiger partial charge in [0.2, 0.25) is 11.6 Å². The summed E-state index contributed by atoms with van der Waals surface area (Å²) in [5.41, 5.74) is 2.23. The molecule has 42 heavy (non-hydrogen) atoms. The highest BCUT2D eigenvalue weighted by Crippen LogP contribution is 2.35. The van der Waals surface area contributed by atoms with Gasteiger partial charge in [-0.1, -0.05) is 65.2 Å². The van der Waals surface area contributed by atoms with Crippen molar-refractivity contribution in [3.05, 3.63) is 132 Å². The van der Waals surface area contributed by atoms with Crippen molar-refractivity contribution in [2.24, 2.45) is 5.10 Å². The molecule has 0 fully saturated rings. The zero-order valence-corrected chi connectivity index (χ0v) is 23.5. The van der Waals surface area contributed by atoms with Crippen LogP contribution in [0.1, 0.15) is 16.7 Å². The number of para-hydroxylation sites is 1. The van der Waals surface area contributed by atoms with Gasteiger partial charge >= 0.3 is 5.69 Å². The van der Waals surface area contributed by atoms with Crippen LogP contribution in [0.25, 0.3) is 33.5 Å². The molecular formula is C31H20Cl2N4O5. The number of aryl methyl sites for hydroxylation is 1. The average Bonchev–Trinajstić information content (AvgIpc) is 3.39. The van der Waals surface area contributed by atoms with E-state index < -0.39 is 10.5 Å². The molecule has 4 aromatic carbocycles. The minimum absolute atomic E-state index is 0.0450. The van der Waals surface area contributed by atoms with E-state index >= 15 is 0 Å². The molecule has 2 aromatic heterocycles. The minimum atomic E-state index is -0.580. The topological polar surface area (TPSA) is 113 Å². The van der Waals surface area contributed by atoms with Gasteiger partial charge in [-0.3, -0.25) is 14.9 Å². The second kappa shape index (κ2) is 11.1. The van der Waals surface area contributed by atoms with Crippen LogP contribution in [0.3, 0.4) is 0 Å².